The van der Waals surface area contributed by atoms with E-state index in [4.69, 9.17) is 0 Å². The molecule has 1 N–H and O–H groups in total. The maximum Gasteiger partial charge on any atom is 0.451 e. The van der Waals surface area contributed by atoms with E-state index in [1.165, 1.54) is 0 Å². The third-order valence-corrected chi connectivity index (χ3v) is 3.22. The number of nitrogens with one attached hydrogen (secondary N) is 1. The van der Waals surface area contributed by atoms with Crippen LogP contribution in [0.3, 0.4) is 0 Å². The third-order valence-electron chi connectivity index (χ3n) is 3.22. The number of alkyl halides is 3. The molecule has 2 rings (SSSR count). The fourth-order valence-electron chi connectivity index (χ4n) is 1.96. The lowest BCUT2D eigenvalue weighted by Crippen LogP contribution is -2.31. The highest BCUT2D eigenvalue weighted by atomic mass is 19.4. The van der Waals surface area contributed by atoms with Gasteiger partial charge in [-0.05, 0) is 19.1 Å². The van der Waals surface area contributed by atoms with Gasteiger partial charge in [0.1, 0.15) is 0 Å². The molecule has 2 aromatic rings. The van der Waals surface area contributed by atoms with Crippen LogP contribution in [-0.4, -0.2) is 26.8 Å². The molecule has 0 aliphatic carbocycles. The van der Waals surface area contributed by atoms with Crippen molar-refractivity contribution in [3.8, 4) is 0 Å². The van der Waals surface area contributed by atoms with Crippen LogP contribution in [0.4, 0.5) is 13.2 Å². The van der Waals surface area contributed by atoms with Crippen LogP contribution in [-0.2, 0) is 19.8 Å². The Bertz CT molecular complexity index is 760. The molecule has 0 fully saturated rings. The standard InChI is InChI=1S/C14H15F3N4O2/c1-9-3-5-10(6-4-9)11(22)18-7-8-21-13(23)20(2)12(19-21)14(15,16)17/h3-6H,7-8H2,1-2H3,(H,18,22). The van der Waals surface area contributed by atoms with Gasteiger partial charge in [0.15, 0.2) is 0 Å². The molecule has 0 saturated carbocycles. The molecule has 0 bridgehead atoms. The maximum absolute atomic E-state index is 12.6. The molecule has 9 heteroatoms. The average molecular weight is 328 g/mol. The van der Waals surface area contributed by atoms with Gasteiger partial charge in [-0.2, -0.15) is 13.2 Å². The summed E-state index contributed by atoms with van der Waals surface area (Å²) in [5.74, 6) is -1.64. The number of hydrogen-bond donors (Lipinski definition) is 1. The van der Waals surface area contributed by atoms with E-state index < -0.39 is 17.7 Å². The van der Waals surface area contributed by atoms with Crippen LogP contribution in [0.25, 0.3) is 0 Å². The van der Waals surface area contributed by atoms with Crippen molar-refractivity contribution < 1.29 is 18.0 Å². The number of aromatic nitrogens is 3. The molecule has 6 nitrogen and oxygen atoms in total. The van der Waals surface area contributed by atoms with Gasteiger partial charge >= 0.3 is 11.9 Å². The topological polar surface area (TPSA) is 68.9 Å². The van der Waals surface area contributed by atoms with E-state index in [1.54, 1.807) is 24.3 Å². The fraction of sp³-hybridized carbons (Fsp3) is 0.357. The van der Waals surface area contributed by atoms with Crippen LogP contribution in [0, 0.1) is 6.92 Å². The van der Waals surface area contributed by atoms with E-state index in [1.807, 2.05) is 6.92 Å². The smallest absolute Gasteiger partial charge is 0.350 e. The molecule has 124 valence electrons. The number of nitrogens with zero attached hydrogens (tertiary/aromatic N) is 3. The summed E-state index contributed by atoms with van der Waals surface area (Å²) < 4.78 is 39.0. The van der Waals surface area contributed by atoms with Crippen molar-refractivity contribution in [1.29, 1.82) is 0 Å². The summed E-state index contributed by atoms with van der Waals surface area (Å²) in [6.07, 6.45) is -4.70. The number of rotatable bonds is 4. The molecule has 0 aliphatic rings. The van der Waals surface area contributed by atoms with Crippen molar-refractivity contribution in [2.45, 2.75) is 19.6 Å². The van der Waals surface area contributed by atoms with E-state index in [2.05, 4.69) is 10.4 Å². The van der Waals surface area contributed by atoms with Crippen LogP contribution in [0.15, 0.2) is 29.1 Å². The second-order valence-corrected chi connectivity index (χ2v) is 5.01. The molecule has 0 atom stereocenters. The zero-order valence-electron chi connectivity index (χ0n) is 12.5. The number of hydrogen-bond acceptors (Lipinski definition) is 3. The molecule has 0 unspecified atom stereocenters. The van der Waals surface area contributed by atoms with Crippen LogP contribution in [0.1, 0.15) is 21.7 Å². The first-order valence-electron chi connectivity index (χ1n) is 6.76. The molecule has 23 heavy (non-hydrogen) atoms. The van der Waals surface area contributed by atoms with E-state index in [-0.39, 0.29) is 19.0 Å². The molecule has 1 aromatic heterocycles. The molecule has 1 aromatic carbocycles. The molecule has 1 heterocycles. The van der Waals surface area contributed by atoms with Gasteiger partial charge in [-0.1, -0.05) is 17.7 Å². The lowest BCUT2D eigenvalue weighted by atomic mass is 10.1. The Hall–Kier alpha value is -2.58. The van der Waals surface area contributed by atoms with Gasteiger partial charge in [0.05, 0.1) is 6.54 Å². The van der Waals surface area contributed by atoms with Crippen LogP contribution in [0.5, 0.6) is 0 Å². The number of benzene rings is 1. The van der Waals surface area contributed by atoms with Gasteiger partial charge in [0.25, 0.3) is 5.91 Å². The minimum absolute atomic E-state index is 0.0130. The van der Waals surface area contributed by atoms with E-state index in [9.17, 15) is 22.8 Å². The Labute approximate surface area is 129 Å². The number of carbonyl (C=O) groups is 1. The molecular weight excluding hydrogens is 313 g/mol. The lowest BCUT2D eigenvalue weighted by molar-refractivity contribution is -0.147. The van der Waals surface area contributed by atoms with Gasteiger partial charge in [0, 0.05) is 19.2 Å². The highest BCUT2D eigenvalue weighted by Gasteiger charge is 2.37. The van der Waals surface area contributed by atoms with Crippen molar-refractivity contribution in [2.24, 2.45) is 7.05 Å². The summed E-state index contributed by atoms with van der Waals surface area (Å²) >= 11 is 0. The summed E-state index contributed by atoms with van der Waals surface area (Å²) in [5.41, 5.74) is 0.545. The zero-order chi connectivity index (χ0) is 17.2. The van der Waals surface area contributed by atoms with Crippen molar-refractivity contribution in [1.82, 2.24) is 19.7 Å². The molecule has 1 amide bonds. The van der Waals surface area contributed by atoms with Crippen molar-refractivity contribution >= 4 is 5.91 Å². The Kier molecular flexibility index (Phi) is 4.57. The van der Waals surface area contributed by atoms with Gasteiger partial charge in [-0.15, -0.1) is 5.10 Å². The number of halogens is 3. The largest absolute Gasteiger partial charge is 0.451 e. The van der Waals surface area contributed by atoms with Crippen LogP contribution in [0.2, 0.25) is 0 Å². The lowest BCUT2D eigenvalue weighted by Gasteiger charge is -2.05. The number of amides is 1. The normalized spacial score (nSPS) is 11.5. The first kappa shape index (κ1) is 16.8. The molecule has 0 radical (unpaired) electrons. The van der Waals surface area contributed by atoms with Crippen molar-refractivity contribution in [3.63, 3.8) is 0 Å². The van der Waals surface area contributed by atoms with Crippen LogP contribution >= 0.6 is 0 Å². The predicted molar refractivity (Wildman–Crippen MR) is 76.0 cm³/mol. The van der Waals surface area contributed by atoms with Crippen molar-refractivity contribution in [3.05, 3.63) is 51.7 Å². The Morgan fingerprint density at radius 1 is 1.26 bits per heavy atom. The minimum Gasteiger partial charge on any atom is -0.350 e. The predicted octanol–water partition coefficient (Wildman–Crippen LogP) is 1.34. The summed E-state index contributed by atoms with van der Waals surface area (Å²) in [4.78, 5) is 23.5. The average Bonchev–Trinajstić information content (AvgIpc) is 2.76. The second-order valence-electron chi connectivity index (χ2n) is 5.01. The third kappa shape index (κ3) is 3.79. The Balaban J connectivity index is 2.01. The molecule has 0 saturated heterocycles. The van der Waals surface area contributed by atoms with Gasteiger partial charge in [0.2, 0.25) is 5.82 Å². The Morgan fingerprint density at radius 2 is 1.87 bits per heavy atom. The maximum atomic E-state index is 12.6. The first-order valence-corrected chi connectivity index (χ1v) is 6.76. The highest BCUT2D eigenvalue weighted by Crippen LogP contribution is 2.25. The van der Waals surface area contributed by atoms with E-state index >= 15 is 0 Å². The molecular formula is C14H15F3N4O2. The van der Waals surface area contributed by atoms with Gasteiger partial charge in [-0.3, -0.25) is 9.36 Å². The van der Waals surface area contributed by atoms with E-state index in [0.29, 0.717) is 14.8 Å². The number of carbonyl (C=O) groups excluding carboxylic acids is 1. The fourth-order valence-corrected chi connectivity index (χ4v) is 1.96. The monoisotopic (exact) mass is 328 g/mol. The summed E-state index contributed by atoms with van der Waals surface area (Å²) in [6, 6.07) is 6.82. The highest BCUT2D eigenvalue weighted by molar-refractivity contribution is 5.94. The number of aryl methyl sites for hydroxylation is 1. The molecule has 0 spiro atoms. The summed E-state index contributed by atoms with van der Waals surface area (Å²) in [6.45, 7) is 1.72. The SMILES string of the molecule is Cc1ccc(C(=O)NCCn2nc(C(F)(F)F)n(C)c2=O)cc1. The summed E-state index contributed by atoms with van der Waals surface area (Å²) in [5, 5.41) is 5.79. The summed E-state index contributed by atoms with van der Waals surface area (Å²) in [7, 11) is 1.000. The van der Waals surface area contributed by atoms with Gasteiger partial charge in [-0.25, -0.2) is 9.48 Å². The first-order chi connectivity index (χ1) is 10.7. The molecule has 0 aliphatic heterocycles. The second kappa shape index (κ2) is 6.27. The van der Waals surface area contributed by atoms with Crippen molar-refractivity contribution in [2.75, 3.05) is 6.54 Å². The zero-order valence-corrected chi connectivity index (χ0v) is 12.5. The van der Waals surface area contributed by atoms with Gasteiger partial charge < -0.3 is 5.32 Å². The quantitative estimate of drug-likeness (QED) is 0.921. The minimum atomic E-state index is -4.70. The Morgan fingerprint density at radius 3 is 2.39 bits per heavy atom. The van der Waals surface area contributed by atoms with E-state index in [0.717, 1.165) is 12.6 Å². The van der Waals surface area contributed by atoms with Crippen LogP contribution < -0.4 is 11.0 Å².